The van der Waals surface area contributed by atoms with E-state index in [4.69, 9.17) is 0 Å². The lowest BCUT2D eigenvalue weighted by molar-refractivity contribution is 0.561. The Hall–Kier alpha value is -1.07. The van der Waals surface area contributed by atoms with E-state index >= 15 is 0 Å². The number of benzene rings is 1. The minimum absolute atomic E-state index is 0.106. The van der Waals surface area contributed by atoms with Crippen LogP contribution in [-0.4, -0.2) is 33.8 Å². The number of rotatable bonds is 6. The predicted molar refractivity (Wildman–Crippen MR) is 71.8 cm³/mol. The molecule has 4 nitrogen and oxygen atoms in total. The van der Waals surface area contributed by atoms with Gasteiger partial charge in [-0.1, -0.05) is 18.2 Å². The topological polar surface area (TPSA) is 49.4 Å². The van der Waals surface area contributed by atoms with Gasteiger partial charge in [0.15, 0.2) is 0 Å². The molecule has 0 aliphatic rings. The zero-order valence-corrected chi connectivity index (χ0v) is 11.4. The van der Waals surface area contributed by atoms with Crippen molar-refractivity contribution in [2.24, 2.45) is 0 Å². The molecule has 1 rings (SSSR count). The van der Waals surface area contributed by atoms with E-state index in [1.807, 2.05) is 49.2 Å². The normalized spacial score (nSPS) is 13.4. The van der Waals surface area contributed by atoms with Crippen LogP contribution in [0.15, 0.2) is 30.3 Å². The van der Waals surface area contributed by atoms with E-state index in [2.05, 4.69) is 4.72 Å². The molecule has 1 aromatic carbocycles. The third-order valence-corrected chi connectivity index (χ3v) is 4.03. The first kappa shape index (κ1) is 14.0. The Balaban J connectivity index is 2.55. The molecule has 0 fully saturated rings. The van der Waals surface area contributed by atoms with E-state index in [1.54, 1.807) is 6.92 Å². The minimum Gasteiger partial charge on any atom is -0.373 e. The SMILES string of the molecule is CCS(=O)(=O)N[C@@H](C)CN(C)c1ccccc1. The van der Waals surface area contributed by atoms with Crippen molar-refractivity contribution in [2.75, 3.05) is 24.2 Å². The second-order valence-corrected chi connectivity index (χ2v) is 6.18. The molecule has 1 N–H and O–H groups in total. The molecule has 17 heavy (non-hydrogen) atoms. The summed E-state index contributed by atoms with van der Waals surface area (Å²) in [6, 6.07) is 9.78. The number of sulfonamides is 1. The first-order valence-corrected chi connectivity index (χ1v) is 7.36. The Kier molecular flexibility index (Phi) is 4.96. The van der Waals surface area contributed by atoms with Crippen molar-refractivity contribution >= 4 is 15.7 Å². The number of nitrogens with one attached hydrogen (secondary N) is 1. The third kappa shape index (κ3) is 4.75. The van der Waals surface area contributed by atoms with Gasteiger partial charge in [-0.05, 0) is 26.0 Å². The number of nitrogens with zero attached hydrogens (tertiary/aromatic N) is 1. The fourth-order valence-corrected chi connectivity index (χ4v) is 2.48. The monoisotopic (exact) mass is 256 g/mol. The van der Waals surface area contributed by atoms with Gasteiger partial charge in [0.2, 0.25) is 10.0 Å². The smallest absolute Gasteiger partial charge is 0.211 e. The summed E-state index contributed by atoms with van der Waals surface area (Å²) >= 11 is 0. The first-order chi connectivity index (χ1) is 7.94. The van der Waals surface area contributed by atoms with E-state index in [0.29, 0.717) is 6.54 Å². The van der Waals surface area contributed by atoms with Crippen LogP contribution in [0.1, 0.15) is 13.8 Å². The van der Waals surface area contributed by atoms with Crippen molar-refractivity contribution in [1.29, 1.82) is 0 Å². The minimum atomic E-state index is -3.12. The molecule has 1 aromatic rings. The first-order valence-electron chi connectivity index (χ1n) is 5.71. The van der Waals surface area contributed by atoms with Gasteiger partial charge in [-0.15, -0.1) is 0 Å². The molecule has 0 bridgehead atoms. The molecule has 0 aliphatic heterocycles. The predicted octanol–water partition coefficient (Wildman–Crippen LogP) is 1.45. The highest BCUT2D eigenvalue weighted by Gasteiger charge is 2.13. The number of para-hydroxylation sites is 1. The average Bonchev–Trinajstić information content (AvgIpc) is 2.29. The largest absolute Gasteiger partial charge is 0.373 e. The highest BCUT2D eigenvalue weighted by Crippen LogP contribution is 2.11. The Morgan fingerprint density at radius 2 is 1.88 bits per heavy atom. The van der Waals surface area contributed by atoms with E-state index in [1.165, 1.54) is 0 Å². The molecule has 0 aliphatic carbocycles. The molecule has 0 radical (unpaired) electrons. The number of hydrogen-bond donors (Lipinski definition) is 1. The molecular formula is C12H20N2O2S. The second-order valence-electron chi connectivity index (χ2n) is 4.14. The summed E-state index contributed by atoms with van der Waals surface area (Å²) < 4.78 is 25.4. The molecule has 0 aromatic heterocycles. The van der Waals surface area contributed by atoms with E-state index in [-0.39, 0.29) is 11.8 Å². The van der Waals surface area contributed by atoms with Gasteiger partial charge < -0.3 is 4.90 Å². The standard InChI is InChI=1S/C12H20N2O2S/c1-4-17(15,16)13-11(2)10-14(3)12-8-6-5-7-9-12/h5-9,11,13H,4,10H2,1-3H3/t11-/m0/s1. The number of hydrogen-bond acceptors (Lipinski definition) is 3. The fraction of sp³-hybridized carbons (Fsp3) is 0.500. The second kappa shape index (κ2) is 6.02. The lowest BCUT2D eigenvalue weighted by Crippen LogP contribution is -2.41. The average molecular weight is 256 g/mol. The van der Waals surface area contributed by atoms with Crippen molar-refractivity contribution in [3.05, 3.63) is 30.3 Å². The Morgan fingerprint density at radius 3 is 2.41 bits per heavy atom. The van der Waals surface area contributed by atoms with Crippen LogP contribution in [0.4, 0.5) is 5.69 Å². The van der Waals surface area contributed by atoms with Crippen molar-refractivity contribution in [3.8, 4) is 0 Å². The van der Waals surface area contributed by atoms with Crippen LogP contribution in [0.2, 0.25) is 0 Å². The van der Waals surface area contributed by atoms with E-state index < -0.39 is 10.0 Å². The Bertz CT molecular complexity index is 431. The summed E-state index contributed by atoms with van der Waals surface area (Å²) in [5.41, 5.74) is 1.08. The molecule has 96 valence electrons. The highest BCUT2D eigenvalue weighted by atomic mass is 32.2. The molecule has 0 spiro atoms. The van der Waals surface area contributed by atoms with Gasteiger partial charge in [0.25, 0.3) is 0 Å². The maximum absolute atomic E-state index is 11.4. The molecular weight excluding hydrogens is 236 g/mol. The molecule has 0 saturated carbocycles. The van der Waals surface area contributed by atoms with Crippen LogP contribution in [0.3, 0.4) is 0 Å². The van der Waals surface area contributed by atoms with E-state index in [0.717, 1.165) is 5.69 Å². The van der Waals surface area contributed by atoms with Crippen LogP contribution in [-0.2, 0) is 10.0 Å². The van der Waals surface area contributed by atoms with E-state index in [9.17, 15) is 8.42 Å². The molecule has 5 heteroatoms. The summed E-state index contributed by atoms with van der Waals surface area (Å²) in [7, 11) is -1.17. The molecule has 1 atom stereocenters. The van der Waals surface area contributed by atoms with Crippen LogP contribution in [0, 0.1) is 0 Å². The van der Waals surface area contributed by atoms with Gasteiger partial charge in [-0.3, -0.25) is 0 Å². The van der Waals surface area contributed by atoms with Gasteiger partial charge in [-0.2, -0.15) is 0 Å². The van der Waals surface area contributed by atoms with Gasteiger partial charge in [0.05, 0.1) is 5.75 Å². The van der Waals surface area contributed by atoms with Crippen molar-refractivity contribution in [2.45, 2.75) is 19.9 Å². The molecule has 0 saturated heterocycles. The summed E-state index contributed by atoms with van der Waals surface area (Å²) in [6.45, 7) is 4.14. The van der Waals surface area contributed by atoms with Gasteiger partial charge >= 0.3 is 0 Å². The quantitative estimate of drug-likeness (QED) is 0.838. The summed E-state index contributed by atoms with van der Waals surface area (Å²) in [5.74, 6) is 0.117. The zero-order chi connectivity index (χ0) is 12.9. The summed E-state index contributed by atoms with van der Waals surface area (Å²) in [4.78, 5) is 2.03. The van der Waals surface area contributed by atoms with Gasteiger partial charge in [-0.25, -0.2) is 13.1 Å². The van der Waals surface area contributed by atoms with Crippen molar-refractivity contribution in [3.63, 3.8) is 0 Å². The van der Waals surface area contributed by atoms with Gasteiger partial charge in [0, 0.05) is 25.3 Å². The Morgan fingerprint density at radius 1 is 1.29 bits per heavy atom. The molecule has 0 heterocycles. The number of anilines is 1. The maximum Gasteiger partial charge on any atom is 0.211 e. The summed E-state index contributed by atoms with van der Waals surface area (Å²) in [5, 5.41) is 0. The summed E-state index contributed by atoms with van der Waals surface area (Å²) in [6.07, 6.45) is 0. The van der Waals surface area contributed by atoms with Crippen LogP contribution in [0.5, 0.6) is 0 Å². The molecule has 0 amide bonds. The van der Waals surface area contributed by atoms with Crippen LogP contribution in [0.25, 0.3) is 0 Å². The fourth-order valence-electron chi connectivity index (χ4n) is 1.63. The van der Waals surface area contributed by atoms with Crippen molar-refractivity contribution in [1.82, 2.24) is 4.72 Å². The molecule has 0 unspecified atom stereocenters. The maximum atomic E-state index is 11.4. The Labute approximate surface area is 104 Å². The zero-order valence-electron chi connectivity index (χ0n) is 10.6. The number of likely N-dealkylation sites (N-methyl/N-ethyl adjacent to an activating group) is 1. The van der Waals surface area contributed by atoms with Crippen LogP contribution >= 0.6 is 0 Å². The highest BCUT2D eigenvalue weighted by molar-refractivity contribution is 7.89. The van der Waals surface area contributed by atoms with Gasteiger partial charge in [0.1, 0.15) is 0 Å². The van der Waals surface area contributed by atoms with Crippen molar-refractivity contribution < 1.29 is 8.42 Å². The third-order valence-electron chi connectivity index (χ3n) is 2.51. The lowest BCUT2D eigenvalue weighted by Gasteiger charge is -2.23. The van der Waals surface area contributed by atoms with Crippen LogP contribution < -0.4 is 9.62 Å². The lowest BCUT2D eigenvalue weighted by atomic mass is 10.2.